The number of aromatic nitrogens is 2. The molecule has 2 N–H and O–H groups in total. The Morgan fingerprint density at radius 3 is 2.68 bits per heavy atom. The Morgan fingerprint density at radius 2 is 2.04 bits per heavy atom. The van der Waals surface area contributed by atoms with Gasteiger partial charge in [-0.2, -0.15) is 0 Å². The lowest BCUT2D eigenvalue weighted by Gasteiger charge is -2.08. The van der Waals surface area contributed by atoms with Crippen LogP contribution in [0.3, 0.4) is 0 Å². The van der Waals surface area contributed by atoms with Crippen LogP contribution in [0.15, 0.2) is 53.2 Å². The fraction of sp³-hybridized carbons (Fsp3) is 0.167. The highest BCUT2D eigenvalue weighted by atomic mass is 35.5. The maximum absolute atomic E-state index is 12.7. The van der Waals surface area contributed by atoms with Gasteiger partial charge in [-0.25, -0.2) is 0 Å². The van der Waals surface area contributed by atoms with Crippen molar-refractivity contribution in [3.63, 3.8) is 0 Å². The van der Waals surface area contributed by atoms with Crippen LogP contribution in [0.25, 0.3) is 11.3 Å². The summed E-state index contributed by atoms with van der Waals surface area (Å²) in [4.78, 5) is 16.9. The van der Waals surface area contributed by atoms with Gasteiger partial charge in [-0.3, -0.25) is 9.78 Å². The number of hydrogen-bond acceptors (Lipinski definition) is 5. The van der Waals surface area contributed by atoms with Crippen molar-refractivity contribution in [3.05, 3.63) is 70.7 Å². The van der Waals surface area contributed by atoms with Crippen molar-refractivity contribution in [3.8, 4) is 11.3 Å². The first kappa shape index (κ1) is 17.1. The van der Waals surface area contributed by atoms with E-state index in [0.29, 0.717) is 16.3 Å². The highest BCUT2D eigenvalue weighted by Gasteiger charge is 2.26. The number of nitrogens with one attached hydrogen (secondary N) is 1. The number of aliphatic hydroxyl groups excluding tert-OH is 1. The zero-order valence-corrected chi connectivity index (χ0v) is 14.2. The van der Waals surface area contributed by atoms with Gasteiger partial charge in [-0.05, 0) is 31.2 Å². The van der Waals surface area contributed by atoms with Gasteiger partial charge in [0, 0.05) is 16.8 Å². The van der Waals surface area contributed by atoms with Gasteiger partial charge in [0.05, 0.1) is 12.2 Å². The van der Waals surface area contributed by atoms with Gasteiger partial charge in [0.15, 0.2) is 5.76 Å². The minimum atomic E-state index is -0.968. The van der Waals surface area contributed by atoms with Crippen LogP contribution >= 0.6 is 11.6 Å². The summed E-state index contributed by atoms with van der Waals surface area (Å²) in [7, 11) is 0. The summed E-state index contributed by atoms with van der Waals surface area (Å²) in [5, 5.41) is 17.2. The van der Waals surface area contributed by atoms with Crippen LogP contribution in [0.5, 0.6) is 0 Å². The van der Waals surface area contributed by atoms with Crippen molar-refractivity contribution < 1.29 is 14.4 Å². The minimum absolute atomic E-state index is 0.114. The summed E-state index contributed by atoms with van der Waals surface area (Å²) < 4.78 is 5.21. The van der Waals surface area contributed by atoms with Gasteiger partial charge in [0.1, 0.15) is 17.4 Å². The maximum atomic E-state index is 12.7. The van der Waals surface area contributed by atoms with Gasteiger partial charge >= 0.3 is 0 Å². The van der Waals surface area contributed by atoms with Gasteiger partial charge < -0.3 is 14.9 Å². The fourth-order valence-electron chi connectivity index (χ4n) is 2.37. The summed E-state index contributed by atoms with van der Waals surface area (Å²) in [5.41, 5.74) is 1.95. The number of rotatable bonds is 5. The molecular formula is C18H16ClN3O3. The molecule has 25 heavy (non-hydrogen) atoms. The predicted molar refractivity (Wildman–Crippen MR) is 93.0 cm³/mol. The summed E-state index contributed by atoms with van der Waals surface area (Å²) in [6.45, 7) is 1.77. The lowest BCUT2D eigenvalue weighted by Crippen LogP contribution is -2.24. The normalized spacial score (nSPS) is 12.0. The number of benzene rings is 1. The maximum Gasteiger partial charge on any atom is 0.257 e. The molecule has 3 rings (SSSR count). The molecule has 0 fully saturated rings. The monoisotopic (exact) mass is 357 g/mol. The van der Waals surface area contributed by atoms with Gasteiger partial charge in [-0.1, -0.05) is 35.0 Å². The molecule has 0 saturated heterocycles. The standard InChI is InChI=1S/C18H16ClN3O3/c1-11(23)17-15(18(24)21-10-14-4-2-3-9-20-14)16(22-25-17)12-5-7-13(19)8-6-12/h2-9,11,23H,10H2,1H3,(H,21,24). The first-order valence-electron chi connectivity index (χ1n) is 7.68. The molecule has 0 bridgehead atoms. The van der Waals surface area contributed by atoms with Gasteiger partial charge in [0.25, 0.3) is 5.91 Å². The number of carbonyl (C=O) groups is 1. The number of aliphatic hydroxyl groups is 1. The Kier molecular flexibility index (Phi) is 5.11. The van der Waals surface area contributed by atoms with Gasteiger partial charge in [-0.15, -0.1) is 0 Å². The van der Waals surface area contributed by atoms with E-state index in [9.17, 15) is 9.90 Å². The molecule has 1 atom stereocenters. The Balaban J connectivity index is 1.91. The molecule has 1 aromatic carbocycles. The zero-order valence-electron chi connectivity index (χ0n) is 13.4. The molecular weight excluding hydrogens is 342 g/mol. The number of halogens is 1. The van der Waals surface area contributed by atoms with Crippen molar-refractivity contribution in [2.45, 2.75) is 19.6 Å². The molecule has 0 saturated carbocycles. The topological polar surface area (TPSA) is 88.2 Å². The first-order valence-corrected chi connectivity index (χ1v) is 8.05. The molecule has 0 aliphatic rings. The van der Waals surface area contributed by atoms with E-state index in [-0.39, 0.29) is 17.9 Å². The molecule has 7 heteroatoms. The van der Waals surface area contributed by atoms with E-state index in [2.05, 4.69) is 15.5 Å². The number of hydrogen-bond donors (Lipinski definition) is 2. The molecule has 0 aliphatic heterocycles. The van der Waals surface area contributed by atoms with Crippen LogP contribution in [0.1, 0.15) is 34.8 Å². The van der Waals surface area contributed by atoms with Crippen molar-refractivity contribution in [2.24, 2.45) is 0 Å². The first-order chi connectivity index (χ1) is 12.1. The SMILES string of the molecule is CC(O)c1onc(-c2ccc(Cl)cc2)c1C(=O)NCc1ccccn1. The Morgan fingerprint density at radius 1 is 1.28 bits per heavy atom. The van der Waals surface area contributed by atoms with Crippen molar-refractivity contribution >= 4 is 17.5 Å². The van der Waals surface area contributed by atoms with E-state index in [1.807, 2.05) is 12.1 Å². The largest absolute Gasteiger partial charge is 0.385 e. The van der Waals surface area contributed by atoms with Crippen molar-refractivity contribution in [1.82, 2.24) is 15.5 Å². The predicted octanol–water partition coefficient (Wildman–Crippen LogP) is 3.37. The van der Waals surface area contributed by atoms with Crippen LogP contribution in [-0.4, -0.2) is 21.2 Å². The molecule has 2 aromatic heterocycles. The molecule has 0 aliphatic carbocycles. The molecule has 1 unspecified atom stereocenters. The highest BCUT2D eigenvalue weighted by Crippen LogP contribution is 2.29. The third-order valence-corrected chi connectivity index (χ3v) is 3.85. The van der Waals surface area contributed by atoms with E-state index >= 15 is 0 Å². The smallest absolute Gasteiger partial charge is 0.257 e. The lowest BCUT2D eigenvalue weighted by atomic mass is 10.0. The third kappa shape index (κ3) is 3.87. The second kappa shape index (κ2) is 7.46. The van der Waals surface area contributed by atoms with E-state index in [4.69, 9.17) is 16.1 Å². The van der Waals surface area contributed by atoms with Crippen molar-refractivity contribution in [2.75, 3.05) is 0 Å². The summed E-state index contributed by atoms with van der Waals surface area (Å²) in [6, 6.07) is 12.3. The van der Waals surface area contributed by atoms with Crippen LogP contribution in [-0.2, 0) is 6.54 Å². The molecule has 3 aromatic rings. The molecule has 6 nitrogen and oxygen atoms in total. The summed E-state index contributed by atoms with van der Waals surface area (Å²) in [6.07, 6.45) is 0.686. The second-order valence-electron chi connectivity index (χ2n) is 5.46. The molecule has 0 spiro atoms. The minimum Gasteiger partial charge on any atom is -0.385 e. The van der Waals surface area contributed by atoms with Crippen molar-refractivity contribution in [1.29, 1.82) is 0 Å². The fourth-order valence-corrected chi connectivity index (χ4v) is 2.50. The second-order valence-corrected chi connectivity index (χ2v) is 5.89. The number of pyridine rings is 1. The average molecular weight is 358 g/mol. The van der Waals surface area contributed by atoms with Crippen LogP contribution in [0.2, 0.25) is 5.02 Å². The number of nitrogens with zero attached hydrogens (tertiary/aromatic N) is 2. The summed E-state index contributed by atoms with van der Waals surface area (Å²) in [5.74, 6) is -0.281. The molecule has 128 valence electrons. The van der Waals surface area contributed by atoms with Crippen LogP contribution in [0, 0.1) is 0 Å². The third-order valence-electron chi connectivity index (χ3n) is 3.60. The molecule has 2 heterocycles. The van der Waals surface area contributed by atoms with Gasteiger partial charge in [0.2, 0.25) is 0 Å². The Labute approximate surface area is 149 Å². The number of amides is 1. The van der Waals surface area contributed by atoms with E-state index in [0.717, 1.165) is 5.69 Å². The highest BCUT2D eigenvalue weighted by molar-refractivity contribution is 6.30. The summed E-state index contributed by atoms with van der Waals surface area (Å²) >= 11 is 5.90. The van der Waals surface area contributed by atoms with Crippen LogP contribution in [0.4, 0.5) is 0 Å². The van der Waals surface area contributed by atoms with E-state index < -0.39 is 12.0 Å². The zero-order chi connectivity index (χ0) is 17.8. The number of carbonyl (C=O) groups excluding carboxylic acids is 1. The molecule has 1 amide bonds. The average Bonchev–Trinajstić information content (AvgIpc) is 3.06. The lowest BCUT2D eigenvalue weighted by molar-refractivity contribution is 0.0937. The Hall–Kier alpha value is -2.70. The Bertz CT molecular complexity index is 861. The molecule has 0 radical (unpaired) electrons. The van der Waals surface area contributed by atoms with E-state index in [1.54, 1.807) is 36.5 Å². The quantitative estimate of drug-likeness (QED) is 0.730. The van der Waals surface area contributed by atoms with Crippen LogP contribution < -0.4 is 5.32 Å². The van der Waals surface area contributed by atoms with E-state index in [1.165, 1.54) is 6.92 Å².